The molecule has 0 saturated carbocycles. The van der Waals surface area contributed by atoms with Crippen molar-refractivity contribution in [1.82, 2.24) is 24.9 Å². The maximum absolute atomic E-state index is 10.8. The van der Waals surface area contributed by atoms with E-state index in [9.17, 15) is 20.2 Å². The summed E-state index contributed by atoms with van der Waals surface area (Å²) in [5.74, 6) is 14.2. The molecular weight excluding hydrogens is 1780 g/mol. The molecule has 0 saturated heterocycles. The van der Waals surface area contributed by atoms with Crippen molar-refractivity contribution in [2.24, 2.45) is 11.7 Å². The van der Waals surface area contributed by atoms with E-state index in [1.54, 1.807) is 93.6 Å². The number of anilines is 6. The molecule has 12 N–H and O–H groups in total. The lowest BCUT2D eigenvalue weighted by Crippen LogP contribution is -2.37. The fourth-order valence-corrected chi connectivity index (χ4v) is 21.8. The third-order valence-electron chi connectivity index (χ3n) is 21.0. The van der Waals surface area contributed by atoms with E-state index >= 15 is 0 Å². The Morgan fingerprint density at radius 3 is 1.24 bits per heavy atom. The van der Waals surface area contributed by atoms with Gasteiger partial charge in [-0.15, -0.1) is 141 Å². The minimum atomic E-state index is -0.366. The van der Waals surface area contributed by atoms with Crippen molar-refractivity contribution < 1.29 is 15.3 Å². The molecule has 682 valence electrons. The van der Waals surface area contributed by atoms with Gasteiger partial charge in [0.05, 0.1) is 44.0 Å². The number of thiophene rings is 3. The Labute approximate surface area is 789 Å². The first-order chi connectivity index (χ1) is 58.3. The Hall–Kier alpha value is -5.47. The SMILES string of the molecule is C=C(SC)c1cccs1.CCC(CCN1CCSc2cc(CC(=N)c3cccs3)ccc21)NC.CCN(CC)CCCl.CCN(CC)CCN1CCSc2cc(CC(=N)c3cccs3)ccc21.CCN(CC)CCN1CCSc2cc(N)ccc21.CCN(CC)CCN1CCSc2cc([N+](=O)[O-])ccc21.Cl.Cl.NN.O.O=[N+]([O-])c1ccc2c(c1)SCCN2. The number of hydrogen-bond acceptors (Lipinski definition) is 28. The number of hydrogen-bond donors (Lipinski definition) is 7. The Balaban J connectivity index is 0.000000379. The van der Waals surface area contributed by atoms with Gasteiger partial charge in [-0.2, -0.15) is 0 Å². The number of nitrogen functional groups attached to an aromatic ring is 1. The van der Waals surface area contributed by atoms with E-state index in [1.807, 2.05) is 94.8 Å². The average molecular weight is 1920 g/mol. The number of hydrazine groups is 1. The number of rotatable bonds is 34. The van der Waals surface area contributed by atoms with E-state index in [-0.39, 0.29) is 51.5 Å². The van der Waals surface area contributed by atoms with Crippen LogP contribution in [0.15, 0.2) is 175 Å². The molecular formula is C89H136Cl3N17O5S9. The molecule has 0 amide bonds. The molecule has 8 heterocycles. The summed E-state index contributed by atoms with van der Waals surface area (Å²) in [4.78, 5) is 50.8. The summed E-state index contributed by atoms with van der Waals surface area (Å²) in [6.07, 6.45) is 5.83. The third kappa shape index (κ3) is 38.0. The quantitative estimate of drug-likeness (QED) is 0.00492. The predicted molar refractivity (Wildman–Crippen MR) is 554 cm³/mol. The lowest BCUT2D eigenvalue weighted by atomic mass is 10.1. The predicted octanol–water partition coefficient (Wildman–Crippen LogP) is 20.2. The fraction of sp³-hybridized carbons (Fsp3) is 0.483. The van der Waals surface area contributed by atoms with Gasteiger partial charge in [0.1, 0.15) is 0 Å². The van der Waals surface area contributed by atoms with E-state index in [1.165, 1.54) is 66.7 Å². The van der Waals surface area contributed by atoms with Crippen LogP contribution in [0.1, 0.15) is 101 Å². The van der Waals surface area contributed by atoms with Gasteiger partial charge in [-0.1, -0.05) is 99.2 Å². The second kappa shape index (κ2) is 63.5. The minimum Gasteiger partial charge on any atom is -0.412 e. The number of thioether (sulfide) groups is 6. The van der Waals surface area contributed by atoms with Gasteiger partial charge < -0.3 is 71.9 Å². The topological polar surface area (TPSA) is 294 Å². The molecule has 3 aromatic heterocycles. The molecule has 8 aromatic rings. The molecule has 22 nitrogen and oxygen atoms in total. The summed E-state index contributed by atoms with van der Waals surface area (Å²) in [5, 5.41) is 50.7. The molecule has 1 unspecified atom stereocenters. The van der Waals surface area contributed by atoms with Crippen LogP contribution >= 0.6 is 141 Å². The zero-order chi connectivity index (χ0) is 87.1. The molecule has 1 atom stereocenters. The van der Waals surface area contributed by atoms with Crippen molar-refractivity contribution in [3.8, 4) is 0 Å². The summed E-state index contributed by atoms with van der Waals surface area (Å²) in [7, 11) is 2.06. The lowest BCUT2D eigenvalue weighted by molar-refractivity contribution is -0.385. The molecule has 0 aliphatic carbocycles. The fourth-order valence-electron chi connectivity index (χ4n) is 13.7. The Morgan fingerprint density at radius 1 is 0.520 bits per heavy atom. The minimum absolute atomic E-state index is 0. The Bertz CT molecular complexity index is 4160. The van der Waals surface area contributed by atoms with E-state index in [0.717, 1.165) is 214 Å². The molecule has 0 fully saturated rings. The molecule has 0 bridgehead atoms. The Kier molecular flexibility index (Phi) is 57.6. The van der Waals surface area contributed by atoms with Crippen molar-refractivity contribution in [1.29, 1.82) is 10.8 Å². The summed E-state index contributed by atoms with van der Waals surface area (Å²) in [5.41, 5.74) is 17.2. The van der Waals surface area contributed by atoms with E-state index in [0.29, 0.717) is 30.3 Å². The van der Waals surface area contributed by atoms with E-state index in [4.69, 9.17) is 28.2 Å². The number of benzene rings is 5. The van der Waals surface area contributed by atoms with Gasteiger partial charge in [0.2, 0.25) is 0 Å². The smallest absolute Gasteiger partial charge is 0.270 e. The Morgan fingerprint density at radius 2 is 0.878 bits per heavy atom. The van der Waals surface area contributed by atoms with Crippen LogP contribution in [-0.4, -0.2) is 238 Å². The van der Waals surface area contributed by atoms with Gasteiger partial charge in [-0.05, 0) is 179 Å². The number of likely N-dealkylation sites (N-methyl/N-ethyl adjacent to an activating group) is 3. The number of non-ortho nitro benzene ring substituents is 2. The molecule has 34 heteroatoms. The lowest BCUT2D eigenvalue weighted by Gasteiger charge is -2.33. The number of nitrogens with one attached hydrogen (secondary N) is 4. The molecule has 5 aromatic carbocycles. The number of nitrogens with two attached hydrogens (primary N) is 3. The maximum atomic E-state index is 10.8. The third-order valence-corrected chi connectivity index (χ3v) is 30.0. The summed E-state index contributed by atoms with van der Waals surface area (Å²) < 4.78 is 0. The van der Waals surface area contributed by atoms with Gasteiger partial charge in [-0.3, -0.25) is 31.9 Å². The first kappa shape index (κ1) is 112. The monoisotopic (exact) mass is 1920 g/mol. The number of nitro groups is 2. The highest BCUT2D eigenvalue weighted by molar-refractivity contribution is 8.07. The van der Waals surface area contributed by atoms with Crippen molar-refractivity contribution in [2.45, 2.75) is 119 Å². The number of alkyl halides is 1. The first-order valence-corrected chi connectivity index (χ1v) is 51.2. The van der Waals surface area contributed by atoms with Gasteiger partial charge in [-0.25, -0.2) is 0 Å². The highest BCUT2D eigenvalue weighted by Gasteiger charge is 2.25. The van der Waals surface area contributed by atoms with Crippen molar-refractivity contribution in [3.05, 3.63) is 196 Å². The number of fused-ring (bicyclic) bond motifs is 5. The van der Waals surface area contributed by atoms with Crippen LogP contribution in [0.2, 0.25) is 0 Å². The second-order valence-electron chi connectivity index (χ2n) is 28.1. The molecule has 13 rings (SSSR count). The van der Waals surface area contributed by atoms with Crippen LogP contribution in [0, 0.1) is 31.0 Å². The van der Waals surface area contributed by atoms with Crippen LogP contribution in [0.25, 0.3) is 4.91 Å². The summed E-state index contributed by atoms with van der Waals surface area (Å²) in [6.45, 7) is 46.5. The van der Waals surface area contributed by atoms with Crippen molar-refractivity contribution in [3.63, 3.8) is 0 Å². The van der Waals surface area contributed by atoms with Crippen molar-refractivity contribution >= 4 is 203 Å². The van der Waals surface area contributed by atoms with Crippen LogP contribution in [-0.2, 0) is 12.8 Å². The molecule has 0 radical (unpaired) electrons. The van der Waals surface area contributed by atoms with Gasteiger partial charge in [0.15, 0.2) is 0 Å². The number of nitro benzene ring substituents is 2. The number of nitrogens with zero attached hydrogens (tertiary/aromatic N) is 10. The van der Waals surface area contributed by atoms with Crippen LogP contribution in [0.3, 0.4) is 0 Å². The highest BCUT2D eigenvalue weighted by atomic mass is 35.5. The molecule has 5 aliphatic heterocycles. The standard InChI is InChI=1S/2C20H27N3S2.C14H21N3O2S.C14H23N3S.C8H8N2O2S.C7H8S2.C6H14ClN.2ClH.H4N2.H2O/c1-3-16(22-2)8-9-23-10-12-25-20-14-15(6-7-18(20)23)13-17(21)19-5-4-11-24-19;1-3-22(4-2)9-10-23-11-13-25-20-15-16(7-8-18(20)23)14-17(21)19-6-5-12-24-19;1-3-15(4-2)7-8-16-9-10-20-14-11-12(17(18)19)5-6-13(14)16;1-3-16(4-2)7-8-17-9-10-18-14-11-12(15)5-6-13(14)17;11-10(12)6-1-2-7-8(5-6)13-4-3-9-7;1-6(8-2)7-4-3-5-9-7;1-3-8(4-2)6-5-7;;;1-2;/h4-7,11,14,16,21-22H,3,8-10,12-13H2,1-2H3;5-8,12,15,21H,3-4,9-11,13-14H2,1-2H3;5-6,11H,3-4,7-10H2,1-2H3;5-6,11H,3-4,7-10,15H2,1-2H3;1-2,5,9H,3-4H2;3-5H,1H2,2H3;3-6H2,1-2H3;2*1H;1-2H2;1H2. The van der Waals surface area contributed by atoms with Crippen LogP contribution in [0.5, 0.6) is 0 Å². The average Bonchev–Trinajstić information content (AvgIpc) is 1.01. The van der Waals surface area contributed by atoms with Gasteiger partial charge >= 0.3 is 0 Å². The van der Waals surface area contributed by atoms with Crippen LogP contribution in [0.4, 0.5) is 45.5 Å². The van der Waals surface area contributed by atoms with Gasteiger partial charge in [0, 0.05) is 218 Å². The largest absolute Gasteiger partial charge is 0.412 e. The summed E-state index contributed by atoms with van der Waals surface area (Å²) in [6, 6.07) is 42.7. The van der Waals surface area contributed by atoms with E-state index in [2.05, 4.69) is 197 Å². The first-order valence-electron chi connectivity index (χ1n) is 41.8. The zero-order valence-electron chi connectivity index (χ0n) is 73.8. The molecule has 5 aliphatic rings. The zero-order valence-corrected chi connectivity index (χ0v) is 83.5. The molecule has 0 spiro atoms. The summed E-state index contributed by atoms with van der Waals surface area (Å²) >= 11 is 21.4. The highest BCUT2D eigenvalue weighted by Crippen LogP contribution is 2.41. The maximum Gasteiger partial charge on any atom is 0.270 e. The van der Waals surface area contributed by atoms with E-state index < -0.39 is 0 Å². The second-order valence-corrected chi connectivity index (χ2v) is 38.0. The van der Waals surface area contributed by atoms with Gasteiger partial charge in [0.25, 0.3) is 11.4 Å². The normalized spacial score (nSPS) is 13.4. The number of halogens is 3. The van der Waals surface area contributed by atoms with Crippen molar-refractivity contribution in [2.75, 3.05) is 216 Å². The molecule has 123 heavy (non-hydrogen) atoms. The van der Waals surface area contributed by atoms with Crippen LogP contribution < -0.4 is 47.7 Å².